The standard InChI is InChI=1S/C17H18Cl2N2O/c1-12-4-2-5-13(10-12)11-20-9-8-16(22)21-15-7-3-6-14(18)17(15)19/h2-7,10,20H,8-9,11H2,1H3,(H,21,22). The lowest BCUT2D eigenvalue weighted by atomic mass is 10.1. The van der Waals surface area contributed by atoms with Crippen LogP contribution in [0.1, 0.15) is 17.5 Å². The average molecular weight is 337 g/mol. The molecule has 0 aliphatic rings. The molecule has 22 heavy (non-hydrogen) atoms. The van der Waals surface area contributed by atoms with Gasteiger partial charge in [-0.05, 0) is 24.6 Å². The van der Waals surface area contributed by atoms with Crippen molar-refractivity contribution in [2.24, 2.45) is 0 Å². The summed E-state index contributed by atoms with van der Waals surface area (Å²) in [5.74, 6) is -0.0964. The van der Waals surface area contributed by atoms with Crippen molar-refractivity contribution < 1.29 is 4.79 Å². The first kappa shape index (κ1) is 16.8. The Kier molecular flexibility index (Phi) is 6.25. The summed E-state index contributed by atoms with van der Waals surface area (Å²) in [5, 5.41) is 6.81. The SMILES string of the molecule is Cc1cccc(CNCCC(=O)Nc2cccc(Cl)c2Cl)c1. The van der Waals surface area contributed by atoms with Gasteiger partial charge in [-0.2, -0.15) is 0 Å². The monoisotopic (exact) mass is 336 g/mol. The molecule has 116 valence electrons. The van der Waals surface area contributed by atoms with Crippen LogP contribution >= 0.6 is 23.2 Å². The van der Waals surface area contributed by atoms with Crippen LogP contribution in [0, 0.1) is 6.92 Å². The lowest BCUT2D eigenvalue weighted by Gasteiger charge is -2.09. The van der Waals surface area contributed by atoms with Gasteiger partial charge < -0.3 is 10.6 Å². The smallest absolute Gasteiger partial charge is 0.225 e. The number of benzene rings is 2. The van der Waals surface area contributed by atoms with Gasteiger partial charge in [0.05, 0.1) is 15.7 Å². The van der Waals surface area contributed by atoms with Gasteiger partial charge in [-0.25, -0.2) is 0 Å². The zero-order valence-corrected chi connectivity index (χ0v) is 13.8. The summed E-state index contributed by atoms with van der Waals surface area (Å²) in [4.78, 5) is 11.9. The molecule has 0 aliphatic carbocycles. The van der Waals surface area contributed by atoms with Gasteiger partial charge in [0.25, 0.3) is 0 Å². The van der Waals surface area contributed by atoms with E-state index in [-0.39, 0.29) is 5.91 Å². The number of hydrogen-bond acceptors (Lipinski definition) is 2. The van der Waals surface area contributed by atoms with Gasteiger partial charge in [-0.15, -0.1) is 0 Å². The average Bonchev–Trinajstić information content (AvgIpc) is 2.49. The number of carbonyl (C=O) groups is 1. The number of halogens is 2. The summed E-state index contributed by atoms with van der Waals surface area (Å²) < 4.78 is 0. The highest BCUT2D eigenvalue weighted by atomic mass is 35.5. The van der Waals surface area contributed by atoms with Crippen LogP contribution in [0.5, 0.6) is 0 Å². The molecule has 2 N–H and O–H groups in total. The molecule has 0 bridgehead atoms. The molecule has 0 aliphatic heterocycles. The Balaban J connectivity index is 1.75. The summed E-state index contributed by atoms with van der Waals surface area (Å²) in [5.41, 5.74) is 2.98. The molecule has 0 spiro atoms. The minimum absolute atomic E-state index is 0.0964. The van der Waals surface area contributed by atoms with Crippen LogP contribution in [0.3, 0.4) is 0 Å². The molecule has 0 aromatic heterocycles. The van der Waals surface area contributed by atoms with Crippen LogP contribution in [-0.4, -0.2) is 12.5 Å². The second-order valence-electron chi connectivity index (χ2n) is 5.07. The summed E-state index contributed by atoms with van der Waals surface area (Å²) in [6, 6.07) is 13.4. The van der Waals surface area contributed by atoms with E-state index >= 15 is 0 Å². The van der Waals surface area contributed by atoms with Gasteiger partial charge in [0.15, 0.2) is 0 Å². The normalized spacial score (nSPS) is 10.5. The molecule has 0 saturated heterocycles. The molecule has 0 unspecified atom stereocenters. The van der Waals surface area contributed by atoms with E-state index in [2.05, 4.69) is 35.8 Å². The quantitative estimate of drug-likeness (QED) is 0.766. The van der Waals surface area contributed by atoms with E-state index in [0.717, 1.165) is 6.54 Å². The molecule has 0 atom stereocenters. The van der Waals surface area contributed by atoms with Crippen LogP contribution in [-0.2, 0) is 11.3 Å². The molecule has 1 amide bonds. The first-order valence-corrected chi connectivity index (χ1v) is 7.82. The second kappa shape index (κ2) is 8.18. The van der Waals surface area contributed by atoms with Gasteiger partial charge in [0.2, 0.25) is 5.91 Å². The Hall–Kier alpha value is -1.55. The third-order valence-corrected chi connectivity index (χ3v) is 3.99. The fourth-order valence-corrected chi connectivity index (χ4v) is 2.42. The minimum Gasteiger partial charge on any atom is -0.325 e. The highest BCUT2D eigenvalue weighted by Crippen LogP contribution is 2.29. The maximum absolute atomic E-state index is 11.9. The topological polar surface area (TPSA) is 41.1 Å². The Labute approximate surface area is 140 Å². The number of amides is 1. The van der Waals surface area contributed by atoms with E-state index in [1.165, 1.54) is 11.1 Å². The van der Waals surface area contributed by atoms with E-state index in [1.54, 1.807) is 18.2 Å². The Morgan fingerprint density at radius 3 is 2.68 bits per heavy atom. The van der Waals surface area contributed by atoms with Gasteiger partial charge in [-0.1, -0.05) is 59.1 Å². The first-order valence-electron chi connectivity index (χ1n) is 7.06. The van der Waals surface area contributed by atoms with Crippen molar-refractivity contribution in [3.63, 3.8) is 0 Å². The third-order valence-electron chi connectivity index (χ3n) is 3.17. The molecular weight excluding hydrogens is 319 g/mol. The van der Waals surface area contributed by atoms with Crippen molar-refractivity contribution in [1.29, 1.82) is 0 Å². The number of hydrogen-bond donors (Lipinski definition) is 2. The van der Waals surface area contributed by atoms with Gasteiger partial charge in [-0.3, -0.25) is 4.79 Å². The summed E-state index contributed by atoms with van der Waals surface area (Å²) in [6.07, 6.45) is 0.370. The third kappa shape index (κ3) is 5.02. The molecular formula is C17H18Cl2N2O. The molecule has 0 heterocycles. The van der Waals surface area contributed by atoms with E-state index in [4.69, 9.17) is 23.2 Å². The van der Waals surface area contributed by atoms with Crippen molar-refractivity contribution in [1.82, 2.24) is 5.32 Å². The maximum Gasteiger partial charge on any atom is 0.225 e. The molecule has 2 aromatic carbocycles. The number of rotatable bonds is 6. The lowest BCUT2D eigenvalue weighted by molar-refractivity contribution is -0.116. The molecule has 0 fully saturated rings. The highest BCUT2D eigenvalue weighted by molar-refractivity contribution is 6.43. The molecule has 2 aromatic rings. The van der Waals surface area contributed by atoms with Crippen molar-refractivity contribution in [3.05, 3.63) is 63.6 Å². The van der Waals surface area contributed by atoms with E-state index in [9.17, 15) is 4.79 Å². The molecule has 3 nitrogen and oxygen atoms in total. The van der Waals surface area contributed by atoms with Crippen LogP contribution < -0.4 is 10.6 Å². The zero-order chi connectivity index (χ0) is 15.9. The Bertz CT molecular complexity index is 659. The number of carbonyl (C=O) groups excluding carboxylic acids is 1. The number of aryl methyl sites for hydroxylation is 1. The maximum atomic E-state index is 11.9. The molecule has 0 saturated carbocycles. The predicted octanol–water partition coefficient (Wildman–Crippen LogP) is 4.42. The van der Waals surface area contributed by atoms with Gasteiger partial charge in [0.1, 0.15) is 0 Å². The lowest BCUT2D eigenvalue weighted by Crippen LogP contribution is -2.21. The summed E-state index contributed by atoms with van der Waals surface area (Å²) in [7, 11) is 0. The minimum atomic E-state index is -0.0964. The summed E-state index contributed by atoms with van der Waals surface area (Å²) >= 11 is 11.9. The van der Waals surface area contributed by atoms with E-state index in [0.29, 0.717) is 28.7 Å². The predicted molar refractivity (Wildman–Crippen MR) is 92.6 cm³/mol. The van der Waals surface area contributed by atoms with Crippen LogP contribution in [0.2, 0.25) is 10.0 Å². The van der Waals surface area contributed by atoms with Crippen molar-refractivity contribution >= 4 is 34.8 Å². The Morgan fingerprint density at radius 1 is 1.14 bits per heavy atom. The number of anilines is 1. The second-order valence-corrected chi connectivity index (χ2v) is 5.85. The summed E-state index contributed by atoms with van der Waals surface area (Å²) in [6.45, 7) is 3.40. The van der Waals surface area contributed by atoms with E-state index in [1.807, 2.05) is 6.07 Å². The van der Waals surface area contributed by atoms with Crippen molar-refractivity contribution in [2.75, 3.05) is 11.9 Å². The van der Waals surface area contributed by atoms with Crippen molar-refractivity contribution in [2.45, 2.75) is 19.9 Å². The molecule has 5 heteroatoms. The fourth-order valence-electron chi connectivity index (χ4n) is 2.07. The van der Waals surface area contributed by atoms with Crippen LogP contribution in [0.15, 0.2) is 42.5 Å². The molecule has 0 radical (unpaired) electrons. The van der Waals surface area contributed by atoms with Gasteiger partial charge in [0, 0.05) is 19.5 Å². The van der Waals surface area contributed by atoms with Crippen molar-refractivity contribution in [3.8, 4) is 0 Å². The fraction of sp³-hybridized carbons (Fsp3) is 0.235. The first-order chi connectivity index (χ1) is 10.6. The highest BCUT2D eigenvalue weighted by Gasteiger charge is 2.07. The van der Waals surface area contributed by atoms with Crippen LogP contribution in [0.4, 0.5) is 5.69 Å². The molecule has 2 rings (SSSR count). The number of nitrogens with one attached hydrogen (secondary N) is 2. The van der Waals surface area contributed by atoms with E-state index < -0.39 is 0 Å². The van der Waals surface area contributed by atoms with Gasteiger partial charge >= 0.3 is 0 Å². The van der Waals surface area contributed by atoms with Crippen LogP contribution in [0.25, 0.3) is 0 Å². The Morgan fingerprint density at radius 2 is 1.91 bits per heavy atom. The largest absolute Gasteiger partial charge is 0.325 e. The zero-order valence-electron chi connectivity index (χ0n) is 12.3.